The van der Waals surface area contributed by atoms with Crippen LogP contribution in [0.15, 0.2) is 0 Å². The highest BCUT2D eigenvalue weighted by atomic mass is 16.5. The maximum absolute atomic E-state index is 5.46. The van der Waals surface area contributed by atoms with Gasteiger partial charge in [-0.2, -0.15) is 0 Å². The second-order valence-electron chi connectivity index (χ2n) is 7.76. The van der Waals surface area contributed by atoms with E-state index in [2.05, 4.69) is 30.6 Å². The standard InChI is InChI=1S/C17H34N2O/c1-17(2,3)8-6-10-19-9-5-4-7-16(19)15-18-11-13-20-14-12-18/h16H,4-15H2,1-3H3/t16-/m0/s1. The average molecular weight is 282 g/mol. The van der Waals surface area contributed by atoms with Crippen molar-refractivity contribution < 1.29 is 4.74 Å². The molecule has 0 spiro atoms. The lowest BCUT2D eigenvalue weighted by Gasteiger charge is -2.40. The van der Waals surface area contributed by atoms with Gasteiger partial charge in [0.25, 0.3) is 0 Å². The van der Waals surface area contributed by atoms with Gasteiger partial charge in [0.1, 0.15) is 0 Å². The normalized spacial score (nSPS) is 26.9. The van der Waals surface area contributed by atoms with Crippen LogP contribution in [0.25, 0.3) is 0 Å². The van der Waals surface area contributed by atoms with Crippen molar-refractivity contribution in [2.75, 3.05) is 45.9 Å². The van der Waals surface area contributed by atoms with Gasteiger partial charge in [0.15, 0.2) is 0 Å². The Kier molecular flexibility index (Phi) is 6.31. The van der Waals surface area contributed by atoms with E-state index in [9.17, 15) is 0 Å². The second-order valence-corrected chi connectivity index (χ2v) is 7.76. The zero-order valence-corrected chi connectivity index (χ0v) is 13.9. The minimum atomic E-state index is 0.482. The molecule has 2 fully saturated rings. The van der Waals surface area contributed by atoms with Crippen LogP contribution in [0.2, 0.25) is 0 Å². The van der Waals surface area contributed by atoms with Gasteiger partial charge in [0.2, 0.25) is 0 Å². The Morgan fingerprint density at radius 1 is 1.05 bits per heavy atom. The fourth-order valence-corrected chi connectivity index (χ4v) is 3.46. The molecule has 118 valence electrons. The van der Waals surface area contributed by atoms with E-state index in [0.29, 0.717) is 5.41 Å². The van der Waals surface area contributed by atoms with Crippen molar-refractivity contribution in [2.45, 2.75) is 58.9 Å². The summed E-state index contributed by atoms with van der Waals surface area (Å²) in [4.78, 5) is 5.38. The van der Waals surface area contributed by atoms with Crippen LogP contribution in [0.5, 0.6) is 0 Å². The fourth-order valence-electron chi connectivity index (χ4n) is 3.46. The molecular formula is C17H34N2O. The van der Waals surface area contributed by atoms with E-state index in [1.807, 2.05) is 0 Å². The molecule has 1 atom stereocenters. The second kappa shape index (κ2) is 7.77. The zero-order chi connectivity index (χ0) is 14.4. The van der Waals surface area contributed by atoms with Crippen LogP contribution < -0.4 is 0 Å². The van der Waals surface area contributed by atoms with Crippen LogP contribution >= 0.6 is 0 Å². The quantitative estimate of drug-likeness (QED) is 0.771. The predicted molar refractivity (Wildman–Crippen MR) is 85.2 cm³/mol. The summed E-state index contributed by atoms with van der Waals surface area (Å²) < 4.78 is 5.46. The number of rotatable bonds is 5. The lowest BCUT2D eigenvalue weighted by molar-refractivity contribution is 0.0161. The molecule has 2 saturated heterocycles. The summed E-state index contributed by atoms with van der Waals surface area (Å²) in [6.07, 6.45) is 6.91. The molecule has 2 heterocycles. The number of nitrogens with zero attached hydrogens (tertiary/aromatic N) is 2. The monoisotopic (exact) mass is 282 g/mol. The topological polar surface area (TPSA) is 15.7 Å². The van der Waals surface area contributed by atoms with Crippen molar-refractivity contribution in [3.63, 3.8) is 0 Å². The molecule has 0 aromatic heterocycles. The molecule has 0 aliphatic carbocycles. The van der Waals surface area contributed by atoms with Crippen LogP contribution in [0, 0.1) is 5.41 Å². The summed E-state index contributed by atoms with van der Waals surface area (Å²) in [6.45, 7) is 15.1. The summed E-state index contributed by atoms with van der Waals surface area (Å²) in [5.41, 5.74) is 0.482. The molecule has 20 heavy (non-hydrogen) atoms. The third kappa shape index (κ3) is 5.71. The molecule has 0 saturated carbocycles. The number of hydrogen-bond donors (Lipinski definition) is 0. The summed E-state index contributed by atoms with van der Waals surface area (Å²) >= 11 is 0. The molecule has 0 N–H and O–H groups in total. The molecule has 0 amide bonds. The first-order chi connectivity index (χ1) is 9.54. The summed E-state index contributed by atoms with van der Waals surface area (Å²) in [5, 5.41) is 0. The van der Waals surface area contributed by atoms with Gasteiger partial charge in [-0.3, -0.25) is 9.80 Å². The Balaban J connectivity index is 1.75. The van der Waals surface area contributed by atoms with Crippen LogP contribution in [-0.2, 0) is 4.74 Å². The van der Waals surface area contributed by atoms with E-state index in [-0.39, 0.29) is 0 Å². The number of hydrogen-bond acceptors (Lipinski definition) is 3. The highest BCUT2D eigenvalue weighted by Gasteiger charge is 2.25. The van der Waals surface area contributed by atoms with Gasteiger partial charge in [-0.25, -0.2) is 0 Å². The highest BCUT2D eigenvalue weighted by Crippen LogP contribution is 2.23. The Morgan fingerprint density at radius 3 is 2.50 bits per heavy atom. The van der Waals surface area contributed by atoms with Gasteiger partial charge in [0, 0.05) is 25.7 Å². The number of morpholine rings is 1. The third-order valence-electron chi connectivity index (χ3n) is 4.69. The Hall–Kier alpha value is -0.120. The number of ether oxygens (including phenoxy) is 1. The minimum Gasteiger partial charge on any atom is -0.379 e. The Morgan fingerprint density at radius 2 is 1.80 bits per heavy atom. The molecule has 0 bridgehead atoms. The molecule has 2 rings (SSSR count). The Bertz CT molecular complexity index is 269. The van der Waals surface area contributed by atoms with Gasteiger partial charge >= 0.3 is 0 Å². The fraction of sp³-hybridized carbons (Fsp3) is 1.00. The molecule has 0 aromatic carbocycles. The molecular weight excluding hydrogens is 248 g/mol. The van der Waals surface area contributed by atoms with E-state index >= 15 is 0 Å². The molecule has 3 heteroatoms. The molecule has 0 radical (unpaired) electrons. The van der Waals surface area contributed by atoms with Crippen LogP contribution in [-0.4, -0.2) is 61.8 Å². The Labute approximate surface area is 125 Å². The van der Waals surface area contributed by atoms with Crippen LogP contribution in [0.3, 0.4) is 0 Å². The molecule has 3 nitrogen and oxygen atoms in total. The largest absolute Gasteiger partial charge is 0.379 e. The van der Waals surface area contributed by atoms with Crippen molar-refractivity contribution in [1.29, 1.82) is 0 Å². The van der Waals surface area contributed by atoms with E-state index < -0.39 is 0 Å². The van der Waals surface area contributed by atoms with E-state index in [1.54, 1.807) is 0 Å². The maximum atomic E-state index is 5.46. The molecule has 0 unspecified atom stereocenters. The summed E-state index contributed by atoms with van der Waals surface area (Å²) in [5.74, 6) is 0. The summed E-state index contributed by atoms with van der Waals surface area (Å²) in [7, 11) is 0. The maximum Gasteiger partial charge on any atom is 0.0594 e. The van der Waals surface area contributed by atoms with Crippen molar-refractivity contribution in [3.8, 4) is 0 Å². The highest BCUT2D eigenvalue weighted by molar-refractivity contribution is 4.81. The number of likely N-dealkylation sites (tertiary alicyclic amines) is 1. The lowest BCUT2D eigenvalue weighted by atomic mass is 9.90. The summed E-state index contributed by atoms with van der Waals surface area (Å²) in [6, 6.07) is 0.793. The van der Waals surface area contributed by atoms with Gasteiger partial charge < -0.3 is 4.74 Å². The first-order valence-corrected chi connectivity index (χ1v) is 8.59. The zero-order valence-electron chi connectivity index (χ0n) is 13.9. The molecule has 2 aliphatic rings. The van der Waals surface area contributed by atoms with Crippen molar-refractivity contribution >= 4 is 0 Å². The number of piperidine rings is 1. The van der Waals surface area contributed by atoms with Gasteiger partial charge in [-0.15, -0.1) is 0 Å². The van der Waals surface area contributed by atoms with Crippen molar-refractivity contribution in [2.24, 2.45) is 5.41 Å². The van der Waals surface area contributed by atoms with Crippen LogP contribution in [0.4, 0.5) is 0 Å². The van der Waals surface area contributed by atoms with Crippen molar-refractivity contribution in [3.05, 3.63) is 0 Å². The van der Waals surface area contributed by atoms with E-state index in [1.165, 1.54) is 51.7 Å². The van der Waals surface area contributed by atoms with Crippen LogP contribution in [0.1, 0.15) is 52.9 Å². The van der Waals surface area contributed by atoms with Gasteiger partial charge in [-0.1, -0.05) is 27.2 Å². The molecule has 2 aliphatic heterocycles. The van der Waals surface area contributed by atoms with Crippen molar-refractivity contribution in [1.82, 2.24) is 9.80 Å². The minimum absolute atomic E-state index is 0.482. The average Bonchev–Trinajstić information content (AvgIpc) is 2.40. The predicted octanol–water partition coefficient (Wildman–Crippen LogP) is 3.00. The smallest absolute Gasteiger partial charge is 0.0594 e. The third-order valence-corrected chi connectivity index (χ3v) is 4.69. The first-order valence-electron chi connectivity index (χ1n) is 8.59. The van der Waals surface area contributed by atoms with Gasteiger partial charge in [-0.05, 0) is 44.2 Å². The van der Waals surface area contributed by atoms with Gasteiger partial charge in [0.05, 0.1) is 13.2 Å². The van der Waals surface area contributed by atoms with E-state index in [4.69, 9.17) is 4.74 Å². The van der Waals surface area contributed by atoms with E-state index in [0.717, 1.165) is 32.3 Å². The molecule has 0 aromatic rings. The first kappa shape index (κ1) is 16.3. The SMILES string of the molecule is CC(C)(C)CCCN1CCCC[C@H]1CN1CCOCC1. The lowest BCUT2D eigenvalue weighted by Crippen LogP contribution is -2.49.